The molecule has 0 saturated carbocycles. The molecule has 58 heavy (non-hydrogen) atoms. The summed E-state index contributed by atoms with van der Waals surface area (Å²) in [5, 5.41) is 2.39. The first-order valence-electron chi connectivity index (χ1n) is 21.2. The Bertz CT molecular complexity index is 2680. The predicted octanol–water partition coefficient (Wildman–Crippen LogP) is 16.4. The fourth-order valence-electron chi connectivity index (χ4n) is 8.85. The van der Waals surface area contributed by atoms with Crippen LogP contribution in [0, 0.1) is 19.8 Å². The van der Waals surface area contributed by atoms with Crippen LogP contribution in [0.4, 0.5) is 0 Å². The number of rotatable bonds is 5. The van der Waals surface area contributed by atoms with Crippen LogP contribution >= 0.6 is 0 Å². The largest absolute Gasteiger partial charge is 0.456 e. The van der Waals surface area contributed by atoms with Gasteiger partial charge in [0.1, 0.15) is 11.2 Å². The van der Waals surface area contributed by atoms with E-state index in [4.69, 9.17) is 4.42 Å². The van der Waals surface area contributed by atoms with Crippen molar-refractivity contribution in [1.29, 1.82) is 0 Å². The summed E-state index contributed by atoms with van der Waals surface area (Å²) < 4.78 is 6.07. The smallest absolute Gasteiger partial charge is 0.135 e. The molecule has 3 aliphatic rings. The number of hydrogen-bond acceptors (Lipinski definition) is 1. The van der Waals surface area contributed by atoms with Gasteiger partial charge in [-0.3, -0.25) is 0 Å². The maximum atomic E-state index is 6.07. The van der Waals surface area contributed by atoms with Gasteiger partial charge in [0.2, 0.25) is 0 Å². The normalized spacial score (nSPS) is 17.2. The van der Waals surface area contributed by atoms with E-state index in [0.29, 0.717) is 5.92 Å². The fraction of sp³-hybridized carbons (Fsp3) is 0.228. The van der Waals surface area contributed by atoms with Crippen LogP contribution in [0.25, 0.3) is 55.3 Å². The molecule has 290 valence electrons. The van der Waals surface area contributed by atoms with E-state index in [-0.39, 0.29) is 5.41 Å². The molecule has 0 spiro atoms. The molecule has 10 rings (SSSR count). The second-order valence-corrected chi connectivity index (χ2v) is 16.9. The summed E-state index contributed by atoms with van der Waals surface area (Å²) >= 11 is 0. The average molecular weight is 757 g/mol. The number of hydrogen-bond donors (Lipinski definition) is 0. The lowest BCUT2D eigenvalue weighted by molar-refractivity contribution is 0.641. The van der Waals surface area contributed by atoms with Crippen LogP contribution in [0.5, 0.6) is 0 Å². The van der Waals surface area contributed by atoms with Crippen molar-refractivity contribution < 1.29 is 4.42 Å². The maximum Gasteiger partial charge on any atom is 0.135 e. The first kappa shape index (κ1) is 38.9. The van der Waals surface area contributed by atoms with Gasteiger partial charge in [-0.2, -0.15) is 0 Å². The first-order valence-corrected chi connectivity index (χ1v) is 21.2. The number of benzene rings is 6. The molecule has 0 amide bonds. The molecule has 0 aliphatic heterocycles. The first-order chi connectivity index (χ1) is 28.2. The van der Waals surface area contributed by atoms with Gasteiger partial charge in [0.05, 0.1) is 0 Å². The SMILES string of the molecule is CCCC1=CC=CCC1C.Cc1ccc(-c2ccc3oc4ccc(C5C=CC=CC5)cc4c3c2)cc1.Cc1ccc2c(c1)C(C)(C)c1cc(-c3ccccc3)ccc1-2. The molecular weight excluding hydrogens is 701 g/mol. The van der Waals surface area contributed by atoms with Gasteiger partial charge in [-0.25, -0.2) is 0 Å². The third kappa shape index (κ3) is 8.09. The lowest BCUT2D eigenvalue weighted by Gasteiger charge is -2.22. The molecule has 3 aliphatic carbocycles. The van der Waals surface area contributed by atoms with E-state index in [0.717, 1.165) is 23.5 Å². The molecule has 6 aromatic carbocycles. The summed E-state index contributed by atoms with van der Waals surface area (Å²) in [6, 6.07) is 46.2. The van der Waals surface area contributed by atoms with Gasteiger partial charge in [0.25, 0.3) is 0 Å². The summed E-state index contributed by atoms with van der Waals surface area (Å²) in [5.74, 6) is 1.25. The van der Waals surface area contributed by atoms with Crippen LogP contribution in [0.1, 0.15) is 87.1 Å². The van der Waals surface area contributed by atoms with Gasteiger partial charge in [0.15, 0.2) is 0 Å². The Morgan fingerprint density at radius 1 is 0.586 bits per heavy atom. The highest BCUT2D eigenvalue weighted by Gasteiger charge is 2.35. The number of aryl methyl sites for hydroxylation is 2. The molecule has 7 aromatic rings. The molecule has 1 heterocycles. The molecule has 0 bridgehead atoms. The lowest BCUT2D eigenvalue weighted by Crippen LogP contribution is -2.15. The maximum absolute atomic E-state index is 6.07. The summed E-state index contributed by atoms with van der Waals surface area (Å²) in [4.78, 5) is 0. The van der Waals surface area contributed by atoms with Gasteiger partial charge in [-0.15, -0.1) is 0 Å². The fourth-order valence-corrected chi connectivity index (χ4v) is 8.85. The highest BCUT2D eigenvalue weighted by molar-refractivity contribution is 6.06. The molecule has 0 fully saturated rings. The van der Waals surface area contributed by atoms with Crippen molar-refractivity contribution in [2.24, 2.45) is 5.92 Å². The summed E-state index contributed by atoms with van der Waals surface area (Å²) in [6.07, 6.45) is 20.4. The number of allylic oxidation sites excluding steroid dienone is 8. The van der Waals surface area contributed by atoms with E-state index >= 15 is 0 Å². The van der Waals surface area contributed by atoms with Crippen molar-refractivity contribution >= 4 is 21.9 Å². The lowest BCUT2D eigenvalue weighted by atomic mass is 9.81. The van der Waals surface area contributed by atoms with Crippen molar-refractivity contribution in [1.82, 2.24) is 0 Å². The highest BCUT2D eigenvalue weighted by atomic mass is 16.3. The summed E-state index contributed by atoms with van der Waals surface area (Å²) in [6.45, 7) is 13.5. The zero-order valence-electron chi connectivity index (χ0n) is 35.1. The Morgan fingerprint density at radius 2 is 1.21 bits per heavy atom. The van der Waals surface area contributed by atoms with E-state index in [2.05, 4.69) is 211 Å². The van der Waals surface area contributed by atoms with E-state index < -0.39 is 0 Å². The molecule has 0 radical (unpaired) electrons. The monoisotopic (exact) mass is 756 g/mol. The minimum Gasteiger partial charge on any atom is -0.456 e. The Morgan fingerprint density at radius 3 is 1.93 bits per heavy atom. The van der Waals surface area contributed by atoms with Crippen molar-refractivity contribution in [3.63, 3.8) is 0 Å². The van der Waals surface area contributed by atoms with Crippen LogP contribution in [-0.4, -0.2) is 0 Å². The average Bonchev–Trinajstić information content (AvgIpc) is 3.73. The van der Waals surface area contributed by atoms with E-state index in [1.54, 1.807) is 5.57 Å². The Labute approximate surface area is 346 Å². The Kier molecular flexibility index (Phi) is 11.3. The van der Waals surface area contributed by atoms with Crippen molar-refractivity contribution in [2.45, 2.75) is 78.6 Å². The zero-order chi connectivity index (χ0) is 40.2. The quantitative estimate of drug-likeness (QED) is 0.170. The summed E-state index contributed by atoms with van der Waals surface area (Å²) in [7, 11) is 0. The standard InChI is InChI=1S/C25H20O.C22H20.C10H16/c1-17-7-9-19(10-8-17)21-12-14-25-23(16-21)22-15-20(11-13-24(22)26-25)18-5-3-2-4-6-18;1-15-9-11-18-19-12-10-17(16-7-5-4-6-8-16)14-21(19)22(2,3)20(18)13-15;1-3-6-10-8-5-4-7-9(10)2/h2-5,7-16,18H,6H2,1H3;4-14H,1-3H3;4-5,8-9H,3,6-7H2,1-2H3. The Hall–Kier alpha value is -5.92. The van der Waals surface area contributed by atoms with Crippen molar-refractivity contribution in [3.8, 4) is 33.4 Å². The summed E-state index contributed by atoms with van der Waals surface area (Å²) in [5.41, 5.74) is 18.3. The van der Waals surface area contributed by atoms with Gasteiger partial charge in [-0.05, 0) is 119 Å². The number of fused-ring (bicyclic) bond motifs is 6. The molecule has 1 nitrogen and oxygen atoms in total. The Balaban J connectivity index is 0.000000133. The minimum atomic E-state index is 0.0709. The van der Waals surface area contributed by atoms with Crippen molar-refractivity contribution in [3.05, 3.63) is 203 Å². The van der Waals surface area contributed by atoms with Crippen LogP contribution < -0.4 is 0 Å². The van der Waals surface area contributed by atoms with Crippen LogP contribution in [0.3, 0.4) is 0 Å². The molecule has 1 heteroatoms. The van der Waals surface area contributed by atoms with Gasteiger partial charge >= 0.3 is 0 Å². The van der Waals surface area contributed by atoms with Crippen LogP contribution in [-0.2, 0) is 5.41 Å². The second-order valence-electron chi connectivity index (χ2n) is 16.9. The molecule has 0 N–H and O–H groups in total. The van der Waals surface area contributed by atoms with Crippen LogP contribution in [0.15, 0.2) is 180 Å². The van der Waals surface area contributed by atoms with E-state index in [1.807, 2.05) is 0 Å². The molecular formula is C57H56O. The number of furan rings is 1. The molecule has 1 aromatic heterocycles. The van der Waals surface area contributed by atoms with Crippen molar-refractivity contribution in [2.75, 3.05) is 0 Å². The predicted molar refractivity (Wildman–Crippen MR) is 250 cm³/mol. The molecule has 2 atom stereocenters. The minimum absolute atomic E-state index is 0.0709. The van der Waals surface area contributed by atoms with Gasteiger partial charge in [0, 0.05) is 22.1 Å². The highest BCUT2D eigenvalue weighted by Crippen LogP contribution is 2.50. The second kappa shape index (κ2) is 16.9. The van der Waals surface area contributed by atoms with E-state index in [1.165, 1.54) is 91.2 Å². The van der Waals surface area contributed by atoms with Crippen LogP contribution in [0.2, 0.25) is 0 Å². The molecule has 0 saturated heterocycles. The zero-order valence-corrected chi connectivity index (χ0v) is 35.1. The van der Waals surface area contributed by atoms with Gasteiger partial charge < -0.3 is 4.42 Å². The van der Waals surface area contributed by atoms with Gasteiger partial charge in [-0.1, -0.05) is 190 Å². The molecule has 2 unspecified atom stereocenters. The topological polar surface area (TPSA) is 13.1 Å². The third-order valence-corrected chi connectivity index (χ3v) is 12.3. The third-order valence-electron chi connectivity index (χ3n) is 12.3. The van der Waals surface area contributed by atoms with E-state index in [9.17, 15) is 0 Å².